The molecular formula is C17H19N3O. The Kier molecular flexibility index (Phi) is 5.21. The normalized spacial score (nSPS) is 11.2. The van der Waals surface area contributed by atoms with Crippen molar-refractivity contribution in [3.63, 3.8) is 0 Å². The summed E-state index contributed by atoms with van der Waals surface area (Å²) in [5.74, 6) is -0.308. The average Bonchev–Trinajstić information content (AvgIpc) is 2.54. The zero-order valence-corrected chi connectivity index (χ0v) is 12.3. The largest absolute Gasteiger partial charge is 0.289 e. The number of hydrogen-bond donors (Lipinski definition) is 1. The van der Waals surface area contributed by atoms with Crippen LogP contribution in [0, 0.1) is 0 Å². The number of nitrogens with zero attached hydrogens (tertiary/aromatic N) is 2. The Bertz CT molecular complexity index is 618. The third-order valence-corrected chi connectivity index (χ3v) is 3.13. The Morgan fingerprint density at radius 2 is 1.95 bits per heavy atom. The molecule has 0 spiro atoms. The van der Waals surface area contributed by atoms with E-state index in [0.29, 0.717) is 5.69 Å². The molecule has 4 nitrogen and oxygen atoms in total. The van der Waals surface area contributed by atoms with E-state index in [0.717, 1.165) is 24.1 Å². The monoisotopic (exact) mass is 281 g/mol. The molecule has 1 aromatic heterocycles. The van der Waals surface area contributed by atoms with Crippen LogP contribution in [0.4, 0.5) is 0 Å². The van der Waals surface area contributed by atoms with Gasteiger partial charge in [-0.1, -0.05) is 43.7 Å². The van der Waals surface area contributed by atoms with Crippen molar-refractivity contribution < 1.29 is 4.79 Å². The van der Waals surface area contributed by atoms with Gasteiger partial charge in [0, 0.05) is 6.20 Å². The number of pyridine rings is 1. The van der Waals surface area contributed by atoms with Gasteiger partial charge in [-0.25, -0.2) is 5.43 Å². The third-order valence-electron chi connectivity index (χ3n) is 3.13. The van der Waals surface area contributed by atoms with Crippen LogP contribution in [0.3, 0.4) is 0 Å². The fourth-order valence-electron chi connectivity index (χ4n) is 1.95. The van der Waals surface area contributed by atoms with Crippen LogP contribution in [0.25, 0.3) is 0 Å². The first-order valence-electron chi connectivity index (χ1n) is 7.05. The maximum absolute atomic E-state index is 11.8. The number of carbonyl (C=O) groups excluding carboxylic acids is 1. The minimum atomic E-state index is -0.308. The molecule has 0 saturated carbocycles. The predicted octanol–water partition coefficient (Wildman–Crippen LogP) is 3.19. The molecule has 0 aliphatic carbocycles. The summed E-state index contributed by atoms with van der Waals surface area (Å²) in [4.78, 5) is 15.8. The van der Waals surface area contributed by atoms with E-state index in [1.54, 1.807) is 24.4 Å². The predicted molar refractivity (Wildman–Crippen MR) is 84.4 cm³/mol. The van der Waals surface area contributed by atoms with Gasteiger partial charge in [-0.3, -0.25) is 9.78 Å². The highest BCUT2D eigenvalue weighted by Crippen LogP contribution is 2.07. The first-order valence-corrected chi connectivity index (χ1v) is 7.05. The van der Waals surface area contributed by atoms with Crippen LogP contribution in [0.5, 0.6) is 0 Å². The van der Waals surface area contributed by atoms with Crippen molar-refractivity contribution in [3.05, 3.63) is 65.5 Å². The SMILES string of the molecule is CCCc1ccc(/C(C)=N/NC(=O)c2ccccn2)cc1. The lowest BCUT2D eigenvalue weighted by Gasteiger charge is -2.04. The number of amides is 1. The van der Waals surface area contributed by atoms with Gasteiger partial charge in [-0.15, -0.1) is 0 Å². The van der Waals surface area contributed by atoms with E-state index in [4.69, 9.17) is 0 Å². The van der Waals surface area contributed by atoms with Gasteiger partial charge in [0.05, 0.1) is 5.71 Å². The first-order chi connectivity index (χ1) is 10.2. The van der Waals surface area contributed by atoms with Crippen LogP contribution in [-0.4, -0.2) is 16.6 Å². The minimum Gasteiger partial charge on any atom is -0.266 e. The number of rotatable bonds is 5. The van der Waals surface area contributed by atoms with E-state index >= 15 is 0 Å². The smallest absolute Gasteiger partial charge is 0.266 e. The highest BCUT2D eigenvalue weighted by molar-refractivity contribution is 6.00. The fraction of sp³-hybridized carbons (Fsp3) is 0.235. The van der Waals surface area contributed by atoms with E-state index in [2.05, 4.69) is 34.6 Å². The molecule has 0 aliphatic heterocycles. The van der Waals surface area contributed by atoms with Gasteiger partial charge in [-0.05, 0) is 36.6 Å². The van der Waals surface area contributed by atoms with Gasteiger partial charge in [-0.2, -0.15) is 5.10 Å². The molecule has 21 heavy (non-hydrogen) atoms. The van der Waals surface area contributed by atoms with E-state index in [1.165, 1.54) is 5.56 Å². The summed E-state index contributed by atoms with van der Waals surface area (Å²) in [6.07, 6.45) is 3.79. The molecule has 0 aliphatic rings. The molecule has 0 radical (unpaired) electrons. The van der Waals surface area contributed by atoms with E-state index in [1.807, 2.05) is 19.1 Å². The van der Waals surface area contributed by atoms with Gasteiger partial charge < -0.3 is 0 Å². The zero-order chi connectivity index (χ0) is 15.1. The standard InChI is InChI=1S/C17H19N3O/c1-3-6-14-8-10-15(11-9-14)13(2)19-20-17(21)16-7-4-5-12-18-16/h4-5,7-12H,3,6H2,1-2H3,(H,20,21)/b19-13+. The van der Waals surface area contributed by atoms with Crippen LogP contribution in [-0.2, 0) is 6.42 Å². The van der Waals surface area contributed by atoms with Crippen LogP contribution in [0.2, 0.25) is 0 Å². The zero-order valence-electron chi connectivity index (χ0n) is 12.3. The lowest BCUT2D eigenvalue weighted by atomic mass is 10.1. The molecule has 0 bridgehead atoms. The topological polar surface area (TPSA) is 54.4 Å². The van der Waals surface area contributed by atoms with Crippen LogP contribution >= 0.6 is 0 Å². The second-order valence-electron chi connectivity index (χ2n) is 4.80. The summed E-state index contributed by atoms with van der Waals surface area (Å²) in [5, 5.41) is 4.12. The highest BCUT2D eigenvalue weighted by Gasteiger charge is 2.05. The van der Waals surface area contributed by atoms with Crippen molar-refractivity contribution in [2.75, 3.05) is 0 Å². The molecule has 108 valence electrons. The molecule has 1 N–H and O–H groups in total. The maximum atomic E-state index is 11.8. The van der Waals surface area contributed by atoms with Crippen LogP contribution in [0.15, 0.2) is 53.8 Å². The molecule has 4 heteroatoms. The quantitative estimate of drug-likeness (QED) is 0.676. The average molecular weight is 281 g/mol. The summed E-state index contributed by atoms with van der Waals surface area (Å²) < 4.78 is 0. The number of hydrogen-bond acceptors (Lipinski definition) is 3. The van der Waals surface area contributed by atoms with Crippen molar-refractivity contribution in [3.8, 4) is 0 Å². The molecule has 1 heterocycles. The number of carbonyl (C=O) groups is 1. The Hall–Kier alpha value is -2.49. The molecule has 1 aromatic carbocycles. The molecule has 0 saturated heterocycles. The maximum Gasteiger partial charge on any atom is 0.289 e. The molecule has 1 amide bonds. The highest BCUT2D eigenvalue weighted by atomic mass is 16.2. The fourth-order valence-corrected chi connectivity index (χ4v) is 1.95. The number of aryl methyl sites for hydroxylation is 1. The van der Waals surface area contributed by atoms with Crippen molar-refractivity contribution in [2.45, 2.75) is 26.7 Å². The van der Waals surface area contributed by atoms with Crippen molar-refractivity contribution in [2.24, 2.45) is 5.10 Å². The van der Waals surface area contributed by atoms with Crippen molar-refractivity contribution in [1.82, 2.24) is 10.4 Å². The lowest BCUT2D eigenvalue weighted by molar-refractivity contribution is 0.0950. The summed E-state index contributed by atoms with van der Waals surface area (Å²) in [6, 6.07) is 13.4. The Labute approximate surface area is 124 Å². The van der Waals surface area contributed by atoms with Gasteiger partial charge in [0.15, 0.2) is 0 Å². The molecule has 0 atom stereocenters. The van der Waals surface area contributed by atoms with Gasteiger partial charge in [0.1, 0.15) is 5.69 Å². The number of hydrazone groups is 1. The van der Waals surface area contributed by atoms with Crippen molar-refractivity contribution in [1.29, 1.82) is 0 Å². The minimum absolute atomic E-state index is 0.308. The first kappa shape index (κ1) is 14.9. The Morgan fingerprint density at radius 1 is 1.19 bits per heavy atom. The van der Waals surface area contributed by atoms with E-state index < -0.39 is 0 Å². The van der Waals surface area contributed by atoms with Gasteiger partial charge >= 0.3 is 0 Å². The summed E-state index contributed by atoms with van der Waals surface area (Å²) in [6.45, 7) is 4.03. The summed E-state index contributed by atoms with van der Waals surface area (Å²) in [5.41, 5.74) is 5.95. The molecule has 2 rings (SSSR count). The summed E-state index contributed by atoms with van der Waals surface area (Å²) in [7, 11) is 0. The Morgan fingerprint density at radius 3 is 2.57 bits per heavy atom. The van der Waals surface area contributed by atoms with Gasteiger partial charge in [0.2, 0.25) is 0 Å². The molecule has 2 aromatic rings. The van der Waals surface area contributed by atoms with Crippen LogP contribution < -0.4 is 5.43 Å². The molecular weight excluding hydrogens is 262 g/mol. The second kappa shape index (κ2) is 7.33. The van der Waals surface area contributed by atoms with Crippen LogP contribution in [0.1, 0.15) is 41.9 Å². The summed E-state index contributed by atoms with van der Waals surface area (Å²) >= 11 is 0. The van der Waals surface area contributed by atoms with E-state index in [9.17, 15) is 4.79 Å². The number of benzene rings is 1. The third kappa shape index (κ3) is 4.24. The van der Waals surface area contributed by atoms with Gasteiger partial charge in [0.25, 0.3) is 5.91 Å². The Balaban J connectivity index is 2.02. The molecule has 0 unspecified atom stereocenters. The lowest BCUT2D eigenvalue weighted by Crippen LogP contribution is -2.20. The van der Waals surface area contributed by atoms with E-state index in [-0.39, 0.29) is 5.91 Å². The number of aromatic nitrogens is 1. The van der Waals surface area contributed by atoms with Crippen molar-refractivity contribution >= 4 is 11.6 Å². The number of nitrogens with one attached hydrogen (secondary N) is 1. The molecule has 0 fully saturated rings. The second-order valence-corrected chi connectivity index (χ2v) is 4.80.